The van der Waals surface area contributed by atoms with Gasteiger partial charge < -0.3 is 4.57 Å². The largest absolute Gasteiger partial charge is 0.312 e. The van der Waals surface area contributed by atoms with Crippen molar-refractivity contribution in [1.82, 2.24) is 9.47 Å². The second kappa shape index (κ2) is 5.06. The molecule has 2 bridgehead atoms. The molecule has 0 radical (unpaired) electrons. The van der Waals surface area contributed by atoms with Gasteiger partial charge in [0.25, 0.3) is 5.56 Å². The van der Waals surface area contributed by atoms with Crippen LogP contribution in [0.5, 0.6) is 0 Å². The molecule has 104 valence electrons. The zero-order valence-corrected chi connectivity index (χ0v) is 12.8. The van der Waals surface area contributed by atoms with Crippen molar-refractivity contribution < 1.29 is 0 Å². The topological polar surface area (TPSA) is 25.2 Å². The Kier molecular flexibility index (Phi) is 3.56. The van der Waals surface area contributed by atoms with Crippen LogP contribution in [0.15, 0.2) is 23.0 Å². The summed E-state index contributed by atoms with van der Waals surface area (Å²) in [7, 11) is 0. The van der Waals surface area contributed by atoms with Gasteiger partial charge in [0.05, 0.1) is 0 Å². The van der Waals surface area contributed by atoms with Crippen LogP contribution in [0.3, 0.4) is 0 Å². The Labute approximate surface area is 124 Å². The molecule has 3 nitrogen and oxygen atoms in total. The lowest BCUT2D eigenvalue weighted by Crippen LogP contribution is -2.54. The van der Waals surface area contributed by atoms with Gasteiger partial charge >= 0.3 is 0 Å². The molecule has 2 saturated heterocycles. The van der Waals surface area contributed by atoms with E-state index in [1.807, 2.05) is 10.6 Å². The summed E-state index contributed by atoms with van der Waals surface area (Å²) in [6.45, 7) is 3.39. The Morgan fingerprint density at radius 2 is 2.05 bits per heavy atom. The summed E-state index contributed by atoms with van der Waals surface area (Å²) in [5, 5.41) is 0. The second-order valence-electron chi connectivity index (χ2n) is 6.15. The van der Waals surface area contributed by atoms with Gasteiger partial charge in [-0.2, -0.15) is 0 Å². The SMILES string of the molecule is Br.O=c1cccc2n1CC1CC2CN2CCCC[C@@H]12. The normalized spacial score (nSPS) is 32.9. The zero-order chi connectivity index (χ0) is 12.1. The first-order valence-electron chi connectivity index (χ1n) is 7.27. The van der Waals surface area contributed by atoms with E-state index in [2.05, 4.69) is 11.0 Å². The van der Waals surface area contributed by atoms with Crippen LogP contribution in [-0.4, -0.2) is 28.6 Å². The monoisotopic (exact) mass is 324 g/mol. The highest BCUT2D eigenvalue weighted by atomic mass is 79.9. The van der Waals surface area contributed by atoms with Gasteiger partial charge in [0, 0.05) is 36.8 Å². The minimum atomic E-state index is 0. The third-order valence-corrected chi connectivity index (χ3v) is 5.17. The van der Waals surface area contributed by atoms with Gasteiger partial charge in [-0.3, -0.25) is 9.69 Å². The molecule has 0 amide bonds. The second-order valence-corrected chi connectivity index (χ2v) is 6.15. The van der Waals surface area contributed by atoms with Gasteiger partial charge in [-0.15, -0.1) is 17.0 Å². The van der Waals surface area contributed by atoms with E-state index in [4.69, 9.17) is 0 Å². The molecular weight excluding hydrogens is 304 g/mol. The van der Waals surface area contributed by atoms with E-state index in [0.29, 0.717) is 11.8 Å². The van der Waals surface area contributed by atoms with Gasteiger partial charge in [-0.25, -0.2) is 0 Å². The van der Waals surface area contributed by atoms with Crippen molar-refractivity contribution in [3.8, 4) is 0 Å². The summed E-state index contributed by atoms with van der Waals surface area (Å²) in [6.07, 6.45) is 5.37. The van der Waals surface area contributed by atoms with Gasteiger partial charge in [0.2, 0.25) is 0 Å². The van der Waals surface area contributed by atoms with Crippen molar-refractivity contribution in [3.05, 3.63) is 34.2 Å². The van der Waals surface area contributed by atoms with Crippen LogP contribution >= 0.6 is 17.0 Å². The summed E-state index contributed by atoms with van der Waals surface area (Å²) in [5.74, 6) is 1.30. The molecule has 1 aromatic rings. The highest BCUT2D eigenvalue weighted by molar-refractivity contribution is 8.93. The zero-order valence-electron chi connectivity index (χ0n) is 11.1. The van der Waals surface area contributed by atoms with E-state index < -0.39 is 0 Å². The predicted molar refractivity (Wildman–Crippen MR) is 81.1 cm³/mol. The van der Waals surface area contributed by atoms with Crippen LogP contribution in [0.1, 0.15) is 37.3 Å². The van der Waals surface area contributed by atoms with Crippen LogP contribution in [-0.2, 0) is 6.54 Å². The van der Waals surface area contributed by atoms with E-state index >= 15 is 0 Å². The molecule has 0 aromatic carbocycles. The average Bonchev–Trinajstić information content (AvgIpc) is 2.40. The van der Waals surface area contributed by atoms with E-state index in [9.17, 15) is 4.79 Å². The van der Waals surface area contributed by atoms with Crippen molar-refractivity contribution in [2.75, 3.05) is 13.1 Å². The molecule has 4 rings (SSSR count). The molecule has 4 heteroatoms. The molecule has 2 unspecified atom stereocenters. The molecule has 0 spiro atoms. The Morgan fingerprint density at radius 3 is 2.95 bits per heavy atom. The van der Waals surface area contributed by atoms with Crippen LogP contribution in [0.2, 0.25) is 0 Å². The van der Waals surface area contributed by atoms with Gasteiger partial charge in [0.1, 0.15) is 0 Å². The molecule has 0 N–H and O–H groups in total. The third-order valence-electron chi connectivity index (χ3n) is 5.17. The molecule has 2 fully saturated rings. The molecular formula is C15H21BrN2O. The molecule has 0 saturated carbocycles. The minimum absolute atomic E-state index is 0. The van der Waals surface area contributed by atoms with Gasteiger partial charge in [-0.05, 0) is 37.8 Å². The van der Waals surface area contributed by atoms with Crippen LogP contribution < -0.4 is 5.56 Å². The maximum absolute atomic E-state index is 12.0. The van der Waals surface area contributed by atoms with Crippen molar-refractivity contribution in [3.63, 3.8) is 0 Å². The van der Waals surface area contributed by atoms with Gasteiger partial charge in [-0.1, -0.05) is 12.5 Å². The molecule has 1 aromatic heterocycles. The Morgan fingerprint density at radius 1 is 1.16 bits per heavy atom. The summed E-state index contributed by atoms with van der Waals surface area (Å²) in [4.78, 5) is 14.7. The molecule has 4 heterocycles. The van der Waals surface area contributed by atoms with Crippen molar-refractivity contribution in [1.29, 1.82) is 0 Å². The van der Waals surface area contributed by atoms with E-state index in [1.54, 1.807) is 6.07 Å². The predicted octanol–water partition coefficient (Wildman–Crippen LogP) is 2.40. The standard InChI is InChI=1S/C15H20N2O.BrH/c18-15-6-3-5-14-11-8-12(10-17(14)15)13-4-1-2-7-16(13)9-11;/h3,5-6,11-13H,1-2,4,7-10H2;1H/t11?,12?,13-;/m0./s1. The lowest BCUT2D eigenvalue weighted by atomic mass is 9.75. The minimum Gasteiger partial charge on any atom is -0.312 e. The Bertz CT molecular complexity index is 527. The number of fused-ring (bicyclic) bond motifs is 6. The molecule has 3 atom stereocenters. The molecule has 3 aliphatic heterocycles. The maximum Gasteiger partial charge on any atom is 0.250 e. The first kappa shape index (κ1) is 13.4. The molecule has 0 aliphatic carbocycles. The maximum atomic E-state index is 12.0. The average molecular weight is 325 g/mol. The number of halogens is 1. The Hall–Kier alpha value is -0.610. The number of piperidine rings is 2. The van der Waals surface area contributed by atoms with Crippen LogP contribution in [0.25, 0.3) is 0 Å². The summed E-state index contributed by atoms with van der Waals surface area (Å²) in [5.41, 5.74) is 1.48. The fourth-order valence-corrected chi connectivity index (χ4v) is 4.39. The molecule has 19 heavy (non-hydrogen) atoms. The number of aromatic nitrogens is 1. The Balaban J connectivity index is 0.00000110. The molecule has 3 aliphatic rings. The highest BCUT2D eigenvalue weighted by Gasteiger charge is 2.41. The number of hydrogen-bond acceptors (Lipinski definition) is 2. The van der Waals surface area contributed by atoms with E-state index in [0.717, 1.165) is 12.6 Å². The highest BCUT2D eigenvalue weighted by Crippen LogP contribution is 2.41. The van der Waals surface area contributed by atoms with Crippen molar-refractivity contribution in [2.24, 2.45) is 5.92 Å². The van der Waals surface area contributed by atoms with Crippen LogP contribution in [0.4, 0.5) is 0 Å². The van der Waals surface area contributed by atoms with Crippen molar-refractivity contribution >= 4 is 17.0 Å². The first-order valence-corrected chi connectivity index (χ1v) is 7.27. The fourth-order valence-electron chi connectivity index (χ4n) is 4.39. The number of hydrogen-bond donors (Lipinski definition) is 0. The summed E-state index contributed by atoms with van der Waals surface area (Å²) < 4.78 is 2.05. The van der Waals surface area contributed by atoms with E-state index in [-0.39, 0.29) is 22.5 Å². The number of pyridine rings is 1. The van der Waals surface area contributed by atoms with Crippen molar-refractivity contribution in [2.45, 2.75) is 44.2 Å². The van der Waals surface area contributed by atoms with Crippen LogP contribution in [0, 0.1) is 5.92 Å². The fraction of sp³-hybridized carbons (Fsp3) is 0.667. The summed E-state index contributed by atoms with van der Waals surface area (Å²) >= 11 is 0. The van der Waals surface area contributed by atoms with E-state index in [1.165, 1.54) is 44.5 Å². The number of nitrogens with zero attached hydrogens (tertiary/aromatic N) is 2. The quantitative estimate of drug-likeness (QED) is 0.732. The number of rotatable bonds is 0. The smallest absolute Gasteiger partial charge is 0.250 e. The third kappa shape index (κ3) is 2.09. The summed E-state index contributed by atoms with van der Waals surface area (Å²) in [6, 6.07) is 6.54. The lowest BCUT2D eigenvalue weighted by molar-refractivity contribution is 0.0248. The first-order chi connectivity index (χ1) is 8.83. The van der Waals surface area contributed by atoms with Gasteiger partial charge in [0.15, 0.2) is 0 Å². The lowest BCUT2D eigenvalue weighted by Gasteiger charge is -2.50.